The number of ether oxygens (including phenoxy) is 1. The molecule has 2 atom stereocenters. The van der Waals surface area contributed by atoms with Crippen molar-refractivity contribution in [1.29, 1.82) is 0 Å². The van der Waals surface area contributed by atoms with Crippen LogP contribution in [0, 0.1) is 10.6 Å². The predicted molar refractivity (Wildman–Crippen MR) is 66.1 cm³/mol. The molecular weight excluding hydrogens is 239 g/mol. The van der Waals surface area contributed by atoms with E-state index in [0.29, 0.717) is 4.77 Å². The number of halogens is 1. The van der Waals surface area contributed by atoms with Gasteiger partial charge >= 0.3 is 0 Å². The van der Waals surface area contributed by atoms with Gasteiger partial charge in [0.25, 0.3) is 0 Å². The third-order valence-electron chi connectivity index (χ3n) is 3.35. The van der Waals surface area contributed by atoms with Gasteiger partial charge in [-0.3, -0.25) is 0 Å². The third-order valence-corrected chi connectivity index (χ3v) is 3.65. The van der Waals surface area contributed by atoms with Gasteiger partial charge in [0.15, 0.2) is 4.77 Å². The van der Waals surface area contributed by atoms with Crippen molar-refractivity contribution >= 4 is 23.3 Å². The lowest BCUT2D eigenvalue weighted by Gasteiger charge is -2.16. The monoisotopic (exact) mass is 252 g/mol. The maximum Gasteiger partial charge on any atom is 0.178 e. The average Bonchev–Trinajstić information content (AvgIpc) is 2.80. The minimum absolute atomic E-state index is 0.144. The van der Waals surface area contributed by atoms with E-state index in [1.165, 1.54) is 12.1 Å². The van der Waals surface area contributed by atoms with Crippen molar-refractivity contribution in [2.24, 2.45) is 0 Å². The first-order valence-electron chi connectivity index (χ1n) is 5.68. The van der Waals surface area contributed by atoms with Crippen molar-refractivity contribution in [3.05, 3.63) is 28.8 Å². The van der Waals surface area contributed by atoms with Crippen LogP contribution >= 0.6 is 12.2 Å². The maximum absolute atomic E-state index is 13.1. The zero-order chi connectivity index (χ0) is 12.0. The van der Waals surface area contributed by atoms with Gasteiger partial charge in [0.05, 0.1) is 23.2 Å². The summed E-state index contributed by atoms with van der Waals surface area (Å²) >= 11 is 5.32. The molecule has 2 heterocycles. The van der Waals surface area contributed by atoms with Gasteiger partial charge in [0, 0.05) is 6.61 Å². The fourth-order valence-corrected chi connectivity index (χ4v) is 2.84. The van der Waals surface area contributed by atoms with Gasteiger partial charge in [0.2, 0.25) is 0 Å². The molecule has 5 heteroatoms. The summed E-state index contributed by atoms with van der Waals surface area (Å²) < 4.78 is 21.4. The first-order valence-corrected chi connectivity index (χ1v) is 6.09. The minimum atomic E-state index is -0.253. The smallest absolute Gasteiger partial charge is 0.178 e. The molecule has 0 radical (unpaired) electrons. The number of rotatable bonds is 1. The van der Waals surface area contributed by atoms with E-state index in [1.807, 2.05) is 11.5 Å². The van der Waals surface area contributed by atoms with Crippen LogP contribution < -0.4 is 0 Å². The van der Waals surface area contributed by atoms with Crippen LogP contribution in [0.5, 0.6) is 0 Å². The lowest BCUT2D eigenvalue weighted by Crippen LogP contribution is -2.16. The summed E-state index contributed by atoms with van der Waals surface area (Å²) in [5, 5.41) is 0. The van der Waals surface area contributed by atoms with E-state index in [1.54, 1.807) is 6.07 Å². The Balaban J connectivity index is 2.22. The summed E-state index contributed by atoms with van der Waals surface area (Å²) in [7, 11) is 0. The number of hydrogen-bond acceptors (Lipinski definition) is 2. The second kappa shape index (κ2) is 3.92. The van der Waals surface area contributed by atoms with Crippen LogP contribution in [0.25, 0.3) is 11.0 Å². The molecule has 2 aromatic rings. The Kier molecular flexibility index (Phi) is 2.52. The van der Waals surface area contributed by atoms with E-state index in [0.717, 1.165) is 24.1 Å². The van der Waals surface area contributed by atoms with Crippen LogP contribution in [0.15, 0.2) is 18.2 Å². The van der Waals surface area contributed by atoms with E-state index in [9.17, 15) is 4.39 Å². The molecule has 1 saturated heterocycles. The summed E-state index contributed by atoms with van der Waals surface area (Å²) in [6.07, 6.45) is 1.09. The normalized spacial score (nSPS) is 24.6. The highest BCUT2D eigenvalue weighted by atomic mass is 32.1. The molecule has 17 heavy (non-hydrogen) atoms. The quantitative estimate of drug-likeness (QED) is 0.790. The number of aromatic amines is 1. The molecule has 1 aromatic heterocycles. The lowest BCUT2D eigenvalue weighted by molar-refractivity contribution is 0.108. The Morgan fingerprint density at radius 2 is 2.35 bits per heavy atom. The van der Waals surface area contributed by atoms with Gasteiger partial charge in [-0.1, -0.05) is 0 Å². The molecule has 2 unspecified atom stereocenters. The van der Waals surface area contributed by atoms with E-state index in [-0.39, 0.29) is 18.0 Å². The average molecular weight is 252 g/mol. The predicted octanol–water partition coefficient (Wildman–Crippen LogP) is 3.19. The second-order valence-electron chi connectivity index (χ2n) is 4.39. The van der Waals surface area contributed by atoms with Crippen LogP contribution in [0.1, 0.15) is 19.4 Å². The van der Waals surface area contributed by atoms with Crippen LogP contribution in [-0.4, -0.2) is 22.3 Å². The second-order valence-corrected chi connectivity index (χ2v) is 4.78. The Labute approximate surface area is 103 Å². The molecule has 3 nitrogen and oxygen atoms in total. The van der Waals surface area contributed by atoms with E-state index in [2.05, 4.69) is 4.98 Å². The molecule has 0 saturated carbocycles. The number of aromatic nitrogens is 2. The van der Waals surface area contributed by atoms with Crippen LogP contribution in [-0.2, 0) is 4.74 Å². The highest BCUT2D eigenvalue weighted by Gasteiger charge is 2.27. The van der Waals surface area contributed by atoms with Crippen molar-refractivity contribution in [3.8, 4) is 0 Å². The number of hydrogen-bond donors (Lipinski definition) is 1. The molecule has 0 bridgehead atoms. The molecule has 0 aliphatic carbocycles. The third kappa shape index (κ3) is 1.70. The summed E-state index contributed by atoms with van der Waals surface area (Å²) in [6, 6.07) is 4.94. The first kappa shape index (κ1) is 10.9. The largest absolute Gasteiger partial charge is 0.376 e. The van der Waals surface area contributed by atoms with Crippen molar-refractivity contribution in [2.45, 2.75) is 25.5 Å². The van der Waals surface area contributed by atoms with Crippen molar-refractivity contribution < 1.29 is 9.13 Å². The summed E-state index contributed by atoms with van der Waals surface area (Å²) in [4.78, 5) is 3.05. The van der Waals surface area contributed by atoms with Crippen LogP contribution in [0.4, 0.5) is 4.39 Å². The van der Waals surface area contributed by atoms with Gasteiger partial charge in [-0.15, -0.1) is 0 Å². The molecular formula is C12H13FN2OS. The summed E-state index contributed by atoms with van der Waals surface area (Å²) in [6.45, 7) is 2.79. The minimum Gasteiger partial charge on any atom is -0.376 e. The van der Waals surface area contributed by atoms with Gasteiger partial charge in [-0.05, 0) is 43.8 Å². The fraction of sp³-hybridized carbons (Fsp3) is 0.417. The first-order chi connectivity index (χ1) is 8.16. The van der Waals surface area contributed by atoms with E-state index >= 15 is 0 Å². The number of fused-ring (bicyclic) bond motifs is 1. The highest BCUT2D eigenvalue weighted by Crippen LogP contribution is 2.30. The highest BCUT2D eigenvalue weighted by molar-refractivity contribution is 7.71. The molecule has 1 aromatic carbocycles. The Morgan fingerprint density at radius 1 is 1.53 bits per heavy atom. The van der Waals surface area contributed by atoms with Crippen LogP contribution in [0.2, 0.25) is 0 Å². The van der Waals surface area contributed by atoms with Gasteiger partial charge in [-0.25, -0.2) is 4.39 Å². The topological polar surface area (TPSA) is 29.9 Å². The number of imidazole rings is 1. The van der Waals surface area contributed by atoms with Gasteiger partial charge in [-0.2, -0.15) is 0 Å². The summed E-state index contributed by atoms with van der Waals surface area (Å²) in [5.41, 5.74) is 1.69. The molecule has 0 amide bonds. The Bertz CT molecular complexity index is 618. The van der Waals surface area contributed by atoms with E-state index < -0.39 is 0 Å². The van der Waals surface area contributed by atoms with Gasteiger partial charge < -0.3 is 14.3 Å². The molecule has 3 rings (SSSR count). The van der Waals surface area contributed by atoms with Crippen molar-refractivity contribution in [3.63, 3.8) is 0 Å². The molecule has 1 aliphatic rings. The number of H-pyrrole nitrogens is 1. The van der Waals surface area contributed by atoms with Crippen molar-refractivity contribution in [2.75, 3.05) is 6.61 Å². The zero-order valence-corrected chi connectivity index (χ0v) is 10.3. The maximum atomic E-state index is 13.1. The SMILES string of the molecule is CC1OCCC1n1c(=S)[nH]c2cc(F)ccc21. The van der Waals surface area contributed by atoms with Crippen molar-refractivity contribution in [1.82, 2.24) is 9.55 Å². The molecule has 90 valence electrons. The molecule has 1 aliphatic heterocycles. The summed E-state index contributed by atoms with van der Waals surface area (Å²) in [5.74, 6) is -0.253. The standard InChI is InChI=1S/C12H13FN2OS/c1-7-10(4-5-16-7)15-11-3-2-8(13)6-9(11)14-12(15)17/h2-3,6-7,10H,4-5H2,1H3,(H,14,17). The zero-order valence-electron chi connectivity index (χ0n) is 9.44. The Hall–Kier alpha value is -1.20. The van der Waals surface area contributed by atoms with E-state index in [4.69, 9.17) is 17.0 Å². The number of benzene rings is 1. The fourth-order valence-electron chi connectivity index (χ4n) is 2.49. The number of nitrogens with zero attached hydrogens (tertiary/aromatic N) is 1. The molecule has 1 N–H and O–H groups in total. The lowest BCUT2D eigenvalue weighted by atomic mass is 10.1. The van der Waals surface area contributed by atoms with Crippen LogP contribution in [0.3, 0.4) is 0 Å². The molecule has 0 spiro atoms. The molecule has 1 fully saturated rings. The Morgan fingerprint density at radius 3 is 3.06 bits per heavy atom. The van der Waals surface area contributed by atoms with Gasteiger partial charge in [0.1, 0.15) is 5.82 Å². The number of nitrogens with one attached hydrogen (secondary N) is 1.